The molecule has 1 aromatic carbocycles. The van der Waals surface area contributed by atoms with Crippen molar-refractivity contribution in [3.8, 4) is 0 Å². The van der Waals surface area contributed by atoms with Crippen LogP contribution in [0.2, 0.25) is 0 Å². The van der Waals surface area contributed by atoms with Gasteiger partial charge in [0.25, 0.3) is 0 Å². The number of hydrogen-bond donors (Lipinski definition) is 0. The minimum atomic E-state index is 0.394. The van der Waals surface area contributed by atoms with Gasteiger partial charge in [0.1, 0.15) is 6.17 Å². The molecule has 0 bridgehead atoms. The summed E-state index contributed by atoms with van der Waals surface area (Å²) in [5.41, 5.74) is 8.33. The third kappa shape index (κ3) is 2.13. The summed E-state index contributed by atoms with van der Waals surface area (Å²) >= 11 is 0. The van der Waals surface area contributed by atoms with E-state index in [-0.39, 0.29) is 0 Å². The Hall–Kier alpha value is -1.44. The summed E-state index contributed by atoms with van der Waals surface area (Å²) in [5.74, 6) is 0. The SMILES string of the molecule is CCc1cc(C)cc(N2C(C)=C(C)N(C)[C@@H]2C)c1C. The monoisotopic (exact) mass is 258 g/mol. The van der Waals surface area contributed by atoms with Crippen molar-refractivity contribution in [1.29, 1.82) is 0 Å². The Balaban J connectivity index is 2.57. The summed E-state index contributed by atoms with van der Waals surface area (Å²) in [7, 11) is 2.18. The first-order valence-corrected chi connectivity index (χ1v) is 7.18. The highest BCUT2D eigenvalue weighted by Crippen LogP contribution is 2.36. The van der Waals surface area contributed by atoms with Crippen LogP contribution in [0.25, 0.3) is 0 Å². The first-order valence-electron chi connectivity index (χ1n) is 7.18. The molecule has 2 heteroatoms. The zero-order valence-corrected chi connectivity index (χ0v) is 13.3. The molecule has 2 nitrogen and oxygen atoms in total. The second-order valence-electron chi connectivity index (χ2n) is 5.71. The van der Waals surface area contributed by atoms with Gasteiger partial charge in [-0.1, -0.05) is 13.0 Å². The topological polar surface area (TPSA) is 6.48 Å². The molecule has 0 spiro atoms. The predicted molar refractivity (Wildman–Crippen MR) is 83.4 cm³/mol. The Morgan fingerprint density at radius 1 is 1.05 bits per heavy atom. The second kappa shape index (κ2) is 4.92. The number of rotatable bonds is 2. The van der Waals surface area contributed by atoms with Gasteiger partial charge in [0, 0.05) is 24.1 Å². The quantitative estimate of drug-likeness (QED) is 0.784. The molecule has 0 N–H and O–H groups in total. The zero-order chi connectivity index (χ0) is 14.3. The summed E-state index contributed by atoms with van der Waals surface area (Å²) < 4.78 is 0. The first kappa shape index (κ1) is 14.0. The van der Waals surface area contributed by atoms with Gasteiger partial charge in [-0.05, 0) is 63.8 Å². The average molecular weight is 258 g/mol. The van der Waals surface area contributed by atoms with Gasteiger partial charge in [-0.15, -0.1) is 0 Å². The zero-order valence-electron chi connectivity index (χ0n) is 13.3. The molecule has 0 amide bonds. The van der Waals surface area contributed by atoms with Crippen LogP contribution in [0.1, 0.15) is 44.4 Å². The van der Waals surface area contributed by atoms with E-state index < -0.39 is 0 Å². The van der Waals surface area contributed by atoms with Crippen molar-refractivity contribution in [3.63, 3.8) is 0 Å². The number of allylic oxidation sites excluding steroid dienone is 2. The van der Waals surface area contributed by atoms with E-state index in [2.05, 4.69) is 70.5 Å². The predicted octanol–water partition coefficient (Wildman–Crippen LogP) is 4.22. The molecule has 19 heavy (non-hydrogen) atoms. The molecule has 1 aliphatic heterocycles. The molecule has 0 saturated carbocycles. The van der Waals surface area contributed by atoms with Gasteiger partial charge < -0.3 is 9.80 Å². The lowest BCUT2D eigenvalue weighted by molar-refractivity contribution is 0.357. The van der Waals surface area contributed by atoms with Crippen LogP contribution in [0.4, 0.5) is 5.69 Å². The van der Waals surface area contributed by atoms with Gasteiger partial charge in [-0.2, -0.15) is 0 Å². The minimum Gasteiger partial charge on any atom is -0.356 e. The van der Waals surface area contributed by atoms with Crippen LogP contribution in [-0.4, -0.2) is 18.1 Å². The summed E-state index contributed by atoms with van der Waals surface area (Å²) in [5, 5.41) is 0. The normalized spacial score (nSPS) is 19.6. The molecule has 0 unspecified atom stereocenters. The lowest BCUT2D eigenvalue weighted by Crippen LogP contribution is -2.36. The third-order valence-corrected chi connectivity index (χ3v) is 4.62. The van der Waals surface area contributed by atoms with Crippen LogP contribution in [0.3, 0.4) is 0 Å². The van der Waals surface area contributed by atoms with Crippen LogP contribution >= 0.6 is 0 Å². The van der Waals surface area contributed by atoms with Crippen LogP contribution in [0.5, 0.6) is 0 Å². The van der Waals surface area contributed by atoms with Crippen LogP contribution in [0.15, 0.2) is 23.5 Å². The number of aryl methyl sites for hydroxylation is 2. The molecular formula is C17H26N2. The number of benzene rings is 1. The summed E-state index contributed by atoms with van der Waals surface area (Å²) in [6.07, 6.45) is 1.49. The van der Waals surface area contributed by atoms with Crippen molar-refractivity contribution in [2.45, 2.75) is 54.1 Å². The largest absolute Gasteiger partial charge is 0.356 e. The molecule has 104 valence electrons. The summed E-state index contributed by atoms with van der Waals surface area (Å²) in [4.78, 5) is 4.82. The Labute approximate surface area is 117 Å². The van der Waals surface area contributed by atoms with Crippen molar-refractivity contribution in [2.75, 3.05) is 11.9 Å². The Morgan fingerprint density at radius 3 is 2.16 bits per heavy atom. The van der Waals surface area contributed by atoms with Crippen LogP contribution < -0.4 is 4.90 Å². The molecule has 0 fully saturated rings. The first-order chi connectivity index (χ1) is 8.88. The standard InChI is InChI=1S/C17H26N2/c1-8-16-9-11(2)10-17(12(16)3)19-14(5)13(4)18(7)15(19)6/h9-10,15H,8H2,1-7H3/t15-/m0/s1. The van der Waals surface area contributed by atoms with Crippen LogP contribution in [0, 0.1) is 13.8 Å². The number of hydrogen-bond acceptors (Lipinski definition) is 2. The van der Waals surface area contributed by atoms with E-state index in [9.17, 15) is 0 Å². The fourth-order valence-corrected chi connectivity index (χ4v) is 3.08. The van der Waals surface area contributed by atoms with E-state index in [0.717, 1.165) is 6.42 Å². The fraction of sp³-hybridized carbons (Fsp3) is 0.529. The summed E-state index contributed by atoms with van der Waals surface area (Å²) in [6.45, 7) is 13.4. The van der Waals surface area contributed by atoms with E-state index in [4.69, 9.17) is 0 Å². The van der Waals surface area contributed by atoms with E-state index in [1.807, 2.05) is 0 Å². The maximum atomic E-state index is 2.47. The van der Waals surface area contributed by atoms with Gasteiger partial charge >= 0.3 is 0 Å². The van der Waals surface area contributed by atoms with Crippen LogP contribution in [-0.2, 0) is 6.42 Å². The highest BCUT2D eigenvalue weighted by molar-refractivity contribution is 5.63. The Bertz CT molecular complexity index is 528. The maximum absolute atomic E-state index is 2.47. The summed E-state index contributed by atoms with van der Waals surface area (Å²) in [6, 6.07) is 4.64. The maximum Gasteiger partial charge on any atom is 0.103 e. The Morgan fingerprint density at radius 2 is 1.68 bits per heavy atom. The molecule has 1 heterocycles. The smallest absolute Gasteiger partial charge is 0.103 e. The van der Waals surface area contributed by atoms with Gasteiger partial charge in [0.2, 0.25) is 0 Å². The molecule has 0 radical (unpaired) electrons. The lowest BCUT2D eigenvalue weighted by atomic mass is 10.00. The van der Waals surface area contributed by atoms with E-state index in [0.29, 0.717) is 6.17 Å². The van der Waals surface area contributed by atoms with Gasteiger partial charge in [0.05, 0.1) is 0 Å². The Kier molecular flexibility index (Phi) is 3.62. The molecule has 1 aliphatic rings. The van der Waals surface area contributed by atoms with Gasteiger partial charge in [0.15, 0.2) is 0 Å². The van der Waals surface area contributed by atoms with E-state index in [1.54, 1.807) is 0 Å². The highest BCUT2D eigenvalue weighted by Gasteiger charge is 2.30. The van der Waals surface area contributed by atoms with Crippen molar-refractivity contribution in [2.24, 2.45) is 0 Å². The molecule has 0 aliphatic carbocycles. The van der Waals surface area contributed by atoms with Crippen molar-refractivity contribution < 1.29 is 0 Å². The highest BCUT2D eigenvalue weighted by atomic mass is 15.4. The fourth-order valence-electron chi connectivity index (χ4n) is 3.08. The average Bonchev–Trinajstić information content (AvgIpc) is 2.57. The second-order valence-corrected chi connectivity index (χ2v) is 5.71. The molecule has 0 saturated heterocycles. The molecule has 2 rings (SSSR count). The van der Waals surface area contributed by atoms with Crippen molar-refractivity contribution in [3.05, 3.63) is 40.2 Å². The third-order valence-electron chi connectivity index (χ3n) is 4.62. The van der Waals surface area contributed by atoms with E-state index in [1.165, 1.54) is 33.8 Å². The molecule has 1 atom stereocenters. The lowest BCUT2D eigenvalue weighted by Gasteiger charge is -2.31. The van der Waals surface area contributed by atoms with Gasteiger partial charge in [-0.3, -0.25) is 0 Å². The van der Waals surface area contributed by atoms with E-state index >= 15 is 0 Å². The molecule has 0 aromatic heterocycles. The van der Waals surface area contributed by atoms with Gasteiger partial charge in [-0.25, -0.2) is 0 Å². The minimum absolute atomic E-state index is 0.394. The number of anilines is 1. The molecule has 1 aromatic rings. The molecular weight excluding hydrogens is 232 g/mol. The van der Waals surface area contributed by atoms with Crippen molar-refractivity contribution in [1.82, 2.24) is 4.90 Å². The number of nitrogens with zero attached hydrogens (tertiary/aromatic N) is 2. The van der Waals surface area contributed by atoms with Crippen molar-refractivity contribution >= 4 is 5.69 Å².